The quantitative estimate of drug-likeness (QED) is 0.647. The van der Waals surface area contributed by atoms with Gasteiger partial charge < -0.3 is 14.6 Å². The number of nitriles is 1. The van der Waals surface area contributed by atoms with Gasteiger partial charge in [-0.05, 0) is 12.1 Å². The summed E-state index contributed by atoms with van der Waals surface area (Å²) in [4.78, 5) is 5.70. The predicted octanol–water partition coefficient (Wildman–Crippen LogP) is 4.55. The Labute approximate surface area is 174 Å². The molecule has 144 valence electrons. The van der Waals surface area contributed by atoms with Crippen molar-refractivity contribution in [3.8, 4) is 27.9 Å². The van der Waals surface area contributed by atoms with E-state index in [1.807, 2.05) is 4.90 Å². The number of aromatic nitrogens is 3. The van der Waals surface area contributed by atoms with Gasteiger partial charge >= 0.3 is 0 Å². The van der Waals surface area contributed by atoms with Gasteiger partial charge in [-0.15, -0.1) is 21.5 Å². The van der Waals surface area contributed by atoms with Crippen LogP contribution in [-0.4, -0.2) is 47.7 Å². The molecule has 0 aliphatic carbocycles. The highest BCUT2D eigenvalue weighted by atomic mass is 35.5. The smallest absolute Gasteiger partial charge is 0.171 e. The number of ether oxygens (including phenoxy) is 1. The minimum Gasteiger partial charge on any atom is -0.372 e. The number of rotatable bonds is 4. The van der Waals surface area contributed by atoms with Crippen molar-refractivity contribution >= 4 is 39.5 Å². The molecule has 1 atom stereocenters. The summed E-state index contributed by atoms with van der Waals surface area (Å²) in [5.74, 6) is 0.532. The standard InChI is InChI=1S/C18H14Cl2FN5OS/c19-10-1-2-12(14(20)5-10)15-13(7-22)18(26-3-4-27-11(6-21)8-26)28-16(15)17-23-9-24-25-17/h1-2,5,9,11H,3-4,6,8H2,(H,23,24,25). The van der Waals surface area contributed by atoms with Crippen molar-refractivity contribution in [1.82, 2.24) is 15.2 Å². The van der Waals surface area contributed by atoms with Crippen LogP contribution in [-0.2, 0) is 4.74 Å². The molecule has 6 nitrogen and oxygen atoms in total. The highest BCUT2D eigenvalue weighted by Crippen LogP contribution is 2.48. The minimum absolute atomic E-state index is 0.370. The minimum atomic E-state index is -0.575. The van der Waals surface area contributed by atoms with Crippen molar-refractivity contribution in [3.05, 3.63) is 40.1 Å². The van der Waals surface area contributed by atoms with Crippen LogP contribution in [0, 0.1) is 11.3 Å². The van der Waals surface area contributed by atoms with E-state index in [0.717, 1.165) is 9.88 Å². The maximum Gasteiger partial charge on any atom is 0.171 e. The van der Waals surface area contributed by atoms with Gasteiger partial charge in [-0.25, -0.2) is 4.39 Å². The Balaban J connectivity index is 1.91. The van der Waals surface area contributed by atoms with Crippen molar-refractivity contribution in [2.45, 2.75) is 6.10 Å². The zero-order valence-electron chi connectivity index (χ0n) is 14.5. The molecule has 1 fully saturated rings. The second-order valence-corrected chi connectivity index (χ2v) is 8.00. The Bertz CT molecular complexity index is 1030. The number of morpholine rings is 1. The van der Waals surface area contributed by atoms with Gasteiger partial charge in [0.25, 0.3) is 0 Å². The second-order valence-electron chi connectivity index (χ2n) is 6.15. The van der Waals surface area contributed by atoms with E-state index in [0.29, 0.717) is 52.3 Å². The average molecular weight is 438 g/mol. The summed E-state index contributed by atoms with van der Waals surface area (Å²) >= 11 is 13.9. The van der Waals surface area contributed by atoms with Gasteiger partial charge in [0.1, 0.15) is 30.2 Å². The van der Waals surface area contributed by atoms with Crippen LogP contribution in [0.25, 0.3) is 21.8 Å². The predicted molar refractivity (Wildman–Crippen MR) is 108 cm³/mol. The van der Waals surface area contributed by atoms with Crippen molar-refractivity contribution < 1.29 is 9.13 Å². The van der Waals surface area contributed by atoms with Gasteiger partial charge in [0, 0.05) is 34.3 Å². The van der Waals surface area contributed by atoms with Crippen LogP contribution in [0.1, 0.15) is 5.56 Å². The second kappa shape index (κ2) is 8.05. The fourth-order valence-corrected chi connectivity index (χ4v) is 4.93. The average Bonchev–Trinajstić information content (AvgIpc) is 3.35. The van der Waals surface area contributed by atoms with Gasteiger partial charge in [0.15, 0.2) is 5.82 Å². The molecule has 0 amide bonds. The number of nitrogens with one attached hydrogen (secondary N) is 1. The molecule has 1 saturated heterocycles. The molecule has 1 aromatic carbocycles. The number of thiophene rings is 1. The highest BCUT2D eigenvalue weighted by Gasteiger charge is 2.29. The summed E-state index contributed by atoms with van der Waals surface area (Å²) in [6, 6.07) is 7.43. The van der Waals surface area contributed by atoms with Crippen LogP contribution >= 0.6 is 34.5 Å². The maximum atomic E-state index is 13.1. The normalized spacial score (nSPS) is 16.9. The first-order valence-electron chi connectivity index (χ1n) is 8.43. The zero-order valence-corrected chi connectivity index (χ0v) is 16.8. The van der Waals surface area contributed by atoms with E-state index in [1.165, 1.54) is 17.7 Å². The number of halogens is 3. The first kappa shape index (κ1) is 19.2. The van der Waals surface area contributed by atoms with Crippen LogP contribution in [0.5, 0.6) is 0 Å². The molecule has 0 spiro atoms. The third-order valence-corrected chi connectivity index (χ3v) is 6.24. The van der Waals surface area contributed by atoms with Crippen LogP contribution < -0.4 is 4.90 Å². The molecule has 0 bridgehead atoms. The fraction of sp³-hybridized carbons (Fsp3) is 0.278. The topological polar surface area (TPSA) is 77.8 Å². The molecule has 3 aromatic rings. The molecule has 1 aliphatic rings. The Morgan fingerprint density at radius 2 is 2.29 bits per heavy atom. The van der Waals surface area contributed by atoms with Crippen LogP contribution in [0.4, 0.5) is 9.39 Å². The summed E-state index contributed by atoms with van der Waals surface area (Å²) in [7, 11) is 0. The molecule has 1 aliphatic heterocycles. The summed E-state index contributed by atoms with van der Waals surface area (Å²) in [6.45, 7) is 0.755. The zero-order chi connectivity index (χ0) is 19.7. The number of hydrogen-bond donors (Lipinski definition) is 1. The van der Waals surface area contributed by atoms with Crippen LogP contribution in [0.15, 0.2) is 24.5 Å². The molecule has 2 aromatic heterocycles. The Morgan fingerprint density at radius 1 is 1.43 bits per heavy atom. The van der Waals surface area contributed by atoms with E-state index in [2.05, 4.69) is 21.3 Å². The largest absolute Gasteiger partial charge is 0.372 e. The molecular weight excluding hydrogens is 424 g/mol. The van der Waals surface area contributed by atoms with Crippen molar-refractivity contribution in [2.75, 3.05) is 31.3 Å². The van der Waals surface area contributed by atoms with E-state index in [4.69, 9.17) is 27.9 Å². The SMILES string of the molecule is N#Cc1c(N2CCOC(CF)C2)sc(-c2nnc[nH]2)c1-c1ccc(Cl)cc1Cl. The van der Waals surface area contributed by atoms with Crippen molar-refractivity contribution in [2.24, 2.45) is 0 Å². The molecule has 1 N–H and O–H groups in total. The Hall–Kier alpha value is -2.18. The molecular formula is C18H14Cl2FN5OS. The van der Waals surface area contributed by atoms with E-state index >= 15 is 0 Å². The van der Waals surface area contributed by atoms with Gasteiger partial charge in [-0.1, -0.05) is 29.3 Å². The molecule has 3 heterocycles. The maximum absolute atomic E-state index is 13.1. The van der Waals surface area contributed by atoms with Crippen molar-refractivity contribution in [3.63, 3.8) is 0 Å². The van der Waals surface area contributed by atoms with E-state index < -0.39 is 12.8 Å². The van der Waals surface area contributed by atoms with Gasteiger partial charge in [0.2, 0.25) is 0 Å². The summed E-state index contributed by atoms with van der Waals surface area (Å²) in [5, 5.41) is 19.6. The van der Waals surface area contributed by atoms with E-state index in [9.17, 15) is 9.65 Å². The molecule has 4 rings (SSSR count). The molecule has 28 heavy (non-hydrogen) atoms. The lowest BCUT2D eigenvalue weighted by Crippen LogP contribution is -2.43. The fourth-order valence-electron chi connectivity index (χ4n) is 3.18. The summed E-state index contributed by atoms with van der Waals surface area (Å²) < 4.78 is 18.6. The molecule has 0 radical (unpaired) electrons. The van der Waals surface area contributed by atoms with Crippen LogP contribution in [0.2, 0.25) is 10.0 Å². The van der Waals surface area contributed by atoms with E-state index in [-0.39, 0.29) is 0 Å². The number of anilines is 1. The first-order chi connectivity index (χ1) is 13.6. The van der Waals surface area contributed by atoms with Gasteiger partial charge in [0.05, 0.1) is 17.0 Å². The number of nitrogens with zero attached hydrogens (tertiary/aromatic N) is 4. The lowest BCUT2D eigenvalue weighted by atomic mass is 10.0. The monoisotopic (exact) mass is 437 g/mol. The third kappa shape index (κ3) is 3.47. The number of alkyl halides is 1. The lowest BCUT2D eigenvalue weighted by Gasteiger charge is -2.32. The third-order valence-electron chi connectivity index (χ3n) is 4.43. The molecule has 0 saturated carbocycles. The van der Waals surface area contributed by atoms with Crippen LogP contribution in [0.3, 0.4) is 0 Å². The van der Waals surface area contributed by atoms with Gasteiger partial charge in [-0.2, -0.15) is 5.26 Å². The first-order valence-corrected chi connectivity index (χ1v) is 10.0. The Morgan fingerprint density at radius 3 is 2.96 bits per heavy atom. The van der Waals surface area contributed by atoms with Gasteiger partial charge in [-0.3, -0.25) is 0 Å². The number of hydrogen-bond acceptors (Lipinski definition) is 6. The molecule has 1 unspecified atom stereocenters. The molecule has 10 heteroatoms. The Kier molecular flexibility index (Phi) is 5.51. The number of benzene rings is 1. The summed E-state index contributed by atoms with van der Waals surface area (Å²) in [6.07, 6.45) is 0.959. The number of H-pyrrole nitrogens is 1. The van der Waals surface area contributed by atoms with Crippen molar-refractivity contribution in [1.29, 1.82) is 5.26 Å². The lowest BCUT2D eigenvalue weighted by molar-refractivity contribution is 0.0249. The highest BCUT2D eigenvalue weighted by molar-refractivity contribution is 7.20. The van der Waals surface area contributed by atoms with E-state index in [1.54, 1.807) is 18.2 Å². The number of aromatic amines is 1. The summed E-state index contributed by atoms with van der Waals surface area (Å²) in [5.41, 5.74) is 1.79.